The lowest BCUT2D eigenvalue weighted by Gasteiger charge is -2.43. The molecule has 0 aromatic heterocycles. The zero-order chi connectivity index (χ0) is 18.6. The molecule has 0 unspecified atom stereocenters. The Morgan fingerprint density at radius 1 is 1.04 bits per heavy atom. The van der Waals surface area contributed by atoms with Gasteiger partial charge >= 0.3 is 0 Å². The summed E-state index contributed by atoms with van der Waals surface area (Å²) in [7, 11) is 3.69. The smallest absolute Gasteiger partial charge is 0.247 e. The van der Waals surface area contributed by atoms with Crippen LogP contribution in [0.2, 0.25) is 0 Å². The molecule has 138 valence electrons. The molecule has 0 spiro atoms. The highest BCUT2D eigenvalue weighted by Gasteiger charge is 2.42. The highest BCUT2D eigenvalue weighted by molar-refractivity contribution is 5.89. The monoisotopic (exact) mass is 351 g/mol. The molecule has 3 rings (SSSR count). The van der Waals surface area contributed by atoms with E-state index in [1.165, 1.54) is 11.1 Å². The molecule has 2 aromatic carbocycles. The summed E-state index contributed by atoms with van der Waals surface area (Å²) >= 11 is 0. The number of nitrogens with one attached hydrogen (secondary N) is 1. The number of rotatable bonds is 5. The fourth-order valence-corrected chi connectivity index (χ4v) is 3.66. The van der Waals surface area contributed by atoms with Gasteiger partial charge in [0.15, 0.2) is 0 Å². The van der Waals surface area contributed by atoms with Gasteiger partial charge in [-0.05, 0) is 37.5 Å². The number of carbonyl (C=O) groups is 1. The van der Waals surface area contributed by atoms with Gasteiger partial charge in [0.2, 0.25) is 5.91 Å². The summed E-state index contributed by atoms with van der Waals surface area (Å²) in [5.41, 5.74) is 3.11. The molecule has 1 saturated heterocycles. The first kappa shape index (κ1) is 18.5. The van der Waals surface area contributed by atoms with Crippen LogP contribution in [-0.4, -0.2) is 48.4 Å². The van der Waals surface area contributed by atoms with E-state index in [1.807, 2.05) is 44.4 Å². The summed E-state index contributed by atoms with van der Waals surface area (Å²) in [5.74, 6) is 0.163. The van der Waals surface area contributed by atoms with E-state index in [4.69, 9.17) is 0 Å². The van der Waals surface area contributed by atoms with E-state index in [2.05, 4.69) is 41.4 Å². The first-order valence-corrected chi connectivity index (χ1v) is 9.31. The van der Waals surface area contributed by atoms with E-state index in [9.17, 15) is 4.79 Å². The zero-order valence-corrected chi connectivity index (χ0v) is 16.0. The number of amides is 1. The molecule has 4 nitrogen and oxygen atoms in total. The molecule has 0 bridgehead atoms. The third kappa shape index (κ3) is 4.25. The number of nitrogens with zero attached hydrogens (tertiary/aromatic N) is 2. The van der Waals surface area contributed by atoms with Crippen molar-refractivity contribution >= 4 is 11.6 Å². The predicted molar refractivity (Wildman–Crippen MR) is 107 cm³/mol. The number of aryl methyl sites for hydroxylation is 1. The van der Waals surface area contributed by atoms with E-state index < -0.39 is 5.54 Å². The number of piperidine rings is 1. The van der Waals surface area contributed by atoms with Crippen molar-refractivity contribution in [2.75, 3.05) is 32.5 Å². The minimum Gasteiger partial charge on any atom is -0.371 e. The fourth-order valence-electron chi connectivity index (χ4n) is 3.66. The van der Waals surface area contributed by atoms with Gasteiger partial charge in [-0.1, -0.05) is 48.0 Å². The number of carbonyl (C=O) groups excluding carboxylic acids is 1. The van der Waals surface area contributed by atoms with Gasteiger partial charge in [0.1, 0.15) is 5.54 Å². The Kier molecular flexibility index (Phi) is 5.62. The minimum absolute atomic E-state index is 0.163. The molecule has 0 radical (unpaired) electrons. The molecule has 1 aliphatic rings. The molecule has 0 saturated carbocycles. The number of anilines is 1. The molecule has 2 aromatic rings. The van der Waals surface area contributed by atoms with Crippen molar-refractivity contribution in [1.29, 1.82) is 0 Å². The molecule has 1 heterocycles. The second kappa shape index (κ2) is 7.92. The Morgan fingerprint density at radius 3 is 2.23 bits per heavy atom. The minimum atomic E-state index is -0.519. The van der Waals surface area contributed by atoms with Crippen molar-refractivity contribution in [2.24, 2.45) is 0 Å². The summed E-state index contributed by atoms with van der Waals surface area (Å²) in [4.78, 5) is 17.1. The molecular formula is C22H29N3O. The van der Waals surface area contributed by atoms with Crippen molar-refractivity contribution in [3.05, 3.63) is 65.7 Å². The summed E-state index contributed by atoms with van der Waals surface area (Å²) in [6, 6.07) is 18.8. The van der Waals surface area contributed by atoms with Gasteiger partial charge in [-0.25, -0.2) is 0 Å². The number of para-hydroxylation sites is 1. The molecule has 0 atom stereocenters. The molecule has 0 aliphatic carbocycles. The molecule has 26 heavy (non-hydrogen) atoms. The maximum absolute atomic E-state index is 13.0. The first-order valence-electron chi connectivity index (χ1n) is 9.31. The molecule has 1 fully saturated rings. The van der Waals surface area contributed by atoms with Gasteiger partial charge in [-0.15, -0.1) is 0 Å². The molecular weight excluding hydrogens is 322 g/mol. The van der Waals surface area contributed by atoms with E-state index in [0.29, 0.717) is 0 Å². The third-order valence-electron chi connectivity index (χ3n) is 5.21. The SMILES string of the molecule is Cc1ccc(CN2CCC(Nc3ccccc3)(C(=O)N(C)C)CC2)cc1. The Morgan fingerprint density at radius 2 is 1.65 bits per heavy atom. The van der Waals surface area contributed by atoms with E-state index in [0.717, 1.165) is 38.2 Å². The lowest BCUT2D eigenvalue weighted by Crippen LogP contribution is -2.57. The lowest BCUT2D eigenvalue weighted by molar-refractivity contribution is -0.135. The highest BCUT2D eigenvalue weighted by Crippen LogP contribution is 2.29. The standard InChI is InChI=1S/C22H29N3O/c1-18-9-11-19(12-10-18)17-25-15-13-22(14-16-25,21(26)24(2)3)23-20-7-5-4-6-8-20/h4-12,23H,13-17H2,1-3H3. The van der Waals surface area contributed by atoms with Crippen LogP contribution >= 0.6 is 0 Å². The normalized spacial score (nSPS) is 16.9. The molecule has 1 aliphatic heterocycles. The van der Waals surface area contributed by atoms with Crippen LogP contribution in [-0.2, 0) is 11.3 Å². The second-order valence-electron chi connectivity index (χ2n) is 7.53. The molecule has 1 amide bonds. The maximum Gasteiger partial charge on any atom is 0.247 e. The summed E-state index contributed by atoms with van der Waals surface area (Å²) < 4.78 is 0. The van der Waals surface area contributed by atoms with Crippen LogP contribution < -0.4 is 5.32 Å². The van der Waals surface area contributed by atoms with Crippen LogP contribution in [0.5, 0.6) is 0 Å². The van der Waals surface area contributed by atoms with Crippen LogP contribution in [0.15, 0.2) is 54.6 Å². The number of benzene rings is 2. The number of hydrogen-bond donors (Lipinski definition) is 1. The van der Waals surface area contributed by atoms with Gasteiger partial charge in [-0.3, -0.25) is 9.69 Å². The quantitative estimate of drug-likeness (QED) is 0.895. The third-order valence-corrected chi connectivity index (χ3v) is 5.21. The Labute approximate surface area is 156 Å². The average molecular weight is 351 g/mol. The van der Waals surface area contributed by atoms with Crippen LogP contribution in [0.25, 0.3) is 0 Å². The number of hydrogen-bond acceptors (Lipinski definition) is 3. The number of likely N-dealkylation sites (N-methyl/N-ethyl adjacent to an activating group) is 1. The van der Waals surface area contributed by atoms with Gasteiger partial charge < -0.3 is 10.2 Å². The second-order valence-corrected chi connectivity index (χ2v) is 7.53. The van der Waals surface area contributed by atoms with Gasteiger partial charge in [0, 0.05) is 39.4 Å². The van der Waals surface area contributed by atoms with Crippen LogP contribution in [0.4, 0.5) is 5.69 Å². The van der Waals surface area contributed by atoms with E-state index >= 15 is 0 Å². The van der Waals surface area contributed by atoms with Crippen LogP contribution in [0.1, 0.15) is 24.0 Å². The number of likely N-dealkylation sites (tertiary alicyclic amines) is 1. The molecule has 1 N–H and O–H groups in total. The predicted octanol–water partition coefficient (Wildman–Crippen LogP) is 3.53. The van der Waals surface area contributed by atoms with Gasteiger partial charge in [0.05, 0.1) is 0 Å². The average Bonchev–Trinajstić information content (AvgIpc) is 2.65. The lowest BCUT2D eigenvalue weighted by atomic mass is 9.85. The fraction of sp³-hybridized carbons (Fsp3) is 0.409. The summed E-state index contributed by atoms with van der Waals surface area (Å²) in [6.07, 6.45) is 1.62. The van der Waals surface area contributed by atoms with Gasteiger partial charge in [-0.2, -0.15) is 0 Å². The highest BCUT2D eigenvalue weighted by atomic mass is 16.2. The molecule has 4 heteroatoms. The summed E-state index contributed by atoms with van der Waals surface area (Å²) in [5, 5.41) is 3.55. The van der Waals surface area contributed by atoms with E-state index in [1.54, 1.807) is 4.90 Å². The maximum atomic E-state index is 13.0. The first-order chi connectivity index (χ1) is 12.5. The zero-order valence-electron chi connectivity index (χ0n) is 16.0. The Hall–Kier alpha value is -2.33. The van der Waals surface area contributed by atoms with Crippen molar-refractivity contribution in [3.8, 4) is 0 Å². The Balaban J connectivity index is 1.70. The van der Waals surface area contributed by atoms with Gasteiger partial charge in [0.25, 0.3) is 0 Å². The summed E-state index contributed by atoms with van der Waals surface area (Å²) in [6.45, 7) is 4.87. The van der Waals surface area contributed by atoms with Crippen molar-refractivity contribution < 1.29 is 4.79 Å². The van der Waals surface area contributed by atoms with Crippen LogP contribution in [0.3, 0.4) is 0 Å². The Bertz CT molecular complexity index is 717. The van der Waals surface area contributed by atoms with Crippen LogP contribution in [0, 0.1) is 6.92 Å². The van der Waals surface area contributed by atoms with E-state index in [-0.39, 0.29) is 5.91 Å². The topological polar surface area (TPSA) is 35.6 Å². The van der Waals surface area contributed by atoms with Crippen molar-refractivity contribution in [3.63, 3.8) is 0 Å². The van der Waals surface area contributed by atoms with Crippen molar-refractivity contribution in [2.45, 2.75) is 31.8 Å². The van der Waals surface area contributed by atoms with Crippen molar-refractivity contribution in [1.82, 2.24) is 9.80 Å². The largest absolute Gasteiger partial charge is 0.371 e.